The Kier molecular flexibility index (Phi) is 31.7. The van der Waals surface area contributed by atoms with Gasteiger partial charge in [-0.25, -0.2) is 0 Å². The first-order valence-corrected chi connectivity index (χ1v) is 59.6. The summed E-state index contributed by atoms with van der Waals surface area (Å²) in [6.07, 6.45) is 0.559. The highest BCUT2D eigenvalue weighted by Gasteiger charge is 2.45. The zero-order chi connectivity index (χ0) is 87.4. The van der Waals surface area contributed by atoms with Crippen molar-refractivity contribution in [2.75, 3.05) is 0 Å². The molecule has 16 heteroatoms. The van der Waals surface area contributed by atoms with Crippen molar-refractivity contribution >= 4 is 161 Å². The molecule has 0 N–H and O–H groups in total. The third kappa shape index (κ3) is 24.7. The van der Waals surface area contributed by atoms with Gasteiger partial charge in [-0.05, 0) is 271 Å². The van der Waals surface area contributed by atoms with Crippen LogP contribution in [0.4, 0.5) is 0 Å². The highest BCUT2D eigenvalue weighted by Crippen LogP contribution is 2.52. The molecule has 127 heavy (non-hydrogen) atoms. The first-order valence-electron chi connectivity index (χ1n) is 43.1. The first kappa shape index (κ1) is 91.7. The van der Waals surface area contributed by atoms with Crippen LogP contribution in [0.15, 0.2) is 448 Å². The van der Waals surface area contributed by atoms with Gasteiger partial charge in [0.25, 0.3) is 33.3 Å². The van der Waals surface area contributed by atoms with E-state index < -0.39 is 33.3 Å². The molecular weight excluding hydrogens is 2150 g/mol. The molecule has 4 nitrogen and oxygen atoms in total. The Morgan fingerprint density at radius 2 is 0.260 bits per heavy atom. The predicted molar refractivity (Wildman–Crippen MR) is 563 cm³/mol. The molecule has 0 aliphatic carbocycles. The van der Waals surface area contributed by atoms with Gasteiger partial charge in [0.15, 0.2) is 0 Å². The Hall–Kier alpha value is -8.57. The molecule has 0 aliphatic heterocycles. The van der Waals surface area contributed by atoms with Crippen LogP contribution in [0.25, 0.3) is 0 Å². The van der Waals surface area contributed by atoms with E-state index in [-0.39, 0.29) is 11.8 Å². The molecule has 0 saturated carbocycles. The van der Waals surface area contributed by atoms with Crippen LogP contribution in [0.3, 0.4) is 0 Å². The molecule has 0 aromatic heterocycles. The number of hydrogen-bond acceptors (Lipinski definition) is 4. The molecule has 0 unspecified atom stereocenters. The standard InChI is InChI=1S/C111H96Br8O4Si4/c112-100-61-94(62-101(113)108(100)120-124(70-82-37-13-1-14-38-82,71-83-39-15-2-16-40-83)72-84-41-17-3-18-42-84)98(95-63-102(114)109(103(115)64-95)121-125(73-85-43-19-4-20-44-85,74-86-45-21-5-22-46-86)75-87-47-23-6-24-48-87)69-99(96-65-104(116)110(105(117)66-96)122-126(76-88-49-25-7-26-50-88,77-89-51-27-8-28-52-89)78-90-53-29-9-30-54-90)97-67-106(118)111(107(119)68-97)123-127(79-91-55-31-10-32-56-91,80-92-57-33-11-34-58-92)81-93-59-35-12-36-60-93/h1-68,98-99H,69-81H2. The van der Waals surface area contributed by atoms with Gasteiger partial charge in [0, 0.05) is 84.4 Å². The molecule has 636 valence electrons. The quantitative estimate of drug-likeness (QED) is 0.0362. The number of hydrogen-bond donors (Lipinski definition) is 0. The minimum absolute atomic E-state index is 0.333. The lowest BCUT2D eigenvalue weighted by molar-refractivity contribution is 0.516. The summed E-state index contributed by atoms with van der Waals surface area (Å²) in [6.45, 7) is 0. The summed E-state index contributed by atoms with van der Waals surface area (Å²) in [5.74, 6) is 2.45. The monoisotopic (exact) mass is 2240 g/mol. The van der Waals surface area contributed by atoms with Crippen LogP contribution in [0.5, 0.6) is 23.0 Å². The van der Waals surface area contributed by atoms with Crippen LogP contribution in [0, 0.1) is 0 Å². The van der Waals surface area contributed by atoms with Gasteiger partial charge in [0.1, 0.15) is 23.0 Å². The minimum Gasteiger partial charge on any atom is -0.541 e. The van der Waals surface area contributed by atoms with Gasteiger partial charge in [0.2, 0.25) is 0 Å². The number of benzene rings is 16. The Morgan fingerprint density at radius 3 is 0.362 bits per heavy atom. The predicted octanol–water partition coefficient (Wildman–Crippen LogP) is 31.8. The van der Waals surface area contributed by atoms with Crippen molar-refractivity contribution in [1.29, 1.82) is 0 Å². The summed E-state index contributed by atoms with van der Waals surface area (Å²) in [5.41, 5.74) is 19.2. The van der Waals surface area contributed by atoms with Gasteiger partial charge >= 0.3 is 0 Å². The Labute approximate surface area is 820 Å². The summed E-state index contributed by atoms with van der Waals surface area (Å²) in [4.78, 5) is 0. The number of rotatable bonds is 38. The van der Waals surface area contributed by atoms with E-state index in [1.165, 1.54) is 66.8 Å². The Bertz CT molecular complexity index is 4980. The summed E-state index contributed by atoms with van der Waals surface area (Å²) in [6, 6.07) is 159. The van der Waals surface area contributed by atoms with Crippen molar-refractivity contribution < 1.29 is 17.7 Å². The molecule has 0 aliphatic rings. The lowest BCUT2D eigenvalue weighted by Gasteiger charge is -2.35. The smallest absolute Gasteiger partial charge is 0.264 e. The third-order valence-electron chi connectivity index (χ3n) is 23.9. The maximum absolute atomic E-state index is 8.09. The summed E-state index contributed by atoms with van der Waals surface area (Å²) < 4.78 is 39.1. The largest absolute Gasteiger partial charge is 0.541 e. The summed E-state index contributed by atoms with van der Waals surface area (Å²) in [5, 5.41) is 0. The second kappa shape index (κ2) is 43.9. The van der Waals surface area contributed by atoms with E-state index in [1.54, 1.807) is 0 Å². The van der Waals surface area contributed by atoms with Crippen molar-refractivity contribution in [2.45, 2.75) is 90.8 Å². The molecule has 0 radical (unpaired) electrons. The molecule has 0 fully saturated rings. The average Bonchev–Trinajstić information content (AvgIpc) is 0.771. The van der Waals surface area contributed by atoms with E-state index in [9.17, 15) is 0 Å². The highest BCUT2D eigenvalue weighted by atomic mass is 79.9. The molecule has 0 spiro atoms. The van der Waals surface area contributed by atoms with Crippen LogP contribution in [-0.4, -0.2) is 33.3 Å². The lowest BCUT2D eigenvalue weighted by atomic mass is 9.78. The van der Waals surface area contributed by atoms with Gasteiger partial charge in [-0.2, -0.15) is 0 Å². The molecule has 16 aromatic carbocycles. The third-order valence-corrected chi connectivity index (χ3v) is 43.8. The van der Waals surface area contributed by atoms with Crippen molar-refractivity contribution in [2.24, 2.45) is 0 Å². The topological polar surface area (TPSA) is 36.9 Å². The Morgan fingerprint density at radius 1 is 0.157 bits per heavy atom. The van der Waals surface area contributed by atoms with E-state index in [2.05, 4.69) is 540 Å². The SMILES string of the molecule is Brc1cc(C(CC(c2cc(Br)c(O[Si](Cc3ccccc3)(Cc3ccccc3)Cc3ccccc3)c(Br)c2)c2cc(Br)c(O[Si](Cc3ccccc3)(Cc3ccccc3)Cc3ccccc3)c(Br)c2)c2cc(Br)c(O[Si](Cc3ccccc3)(Cc3ccccc3)Cc3ccccc3)c(Br)c2)cc(Br)c1O[Si](Cc1ccccc1)(Cc1ccccc1)Cc1ccccc1. The zero-order valence-corrected chi connectivity index (χ0v) is 87.0. The summed E-state index contributed by atoms with van der Waals surface area (Å²) in [7, 11) is -11.8. The fraction of sp³-hybridized carbons (Fsp3) is 0.135. The maximum atomic E-state index is 8.09. The van der Waals surface area contributed by atoms with Crippen LogP contribution >= 0.6 is 127 Å². The molecule has 0 atom stereocenters. The van der Waals surface area contributed by atoms with Crippen LogP contribution in [0.2, 0.25) is 0 Å². The van der Waals surface area contributed by atoms with Gasteiger partial charge in [0.05, 0.1) is 35.8 Å². The second-order valence-corrected chi connectivity index (χ2v) is 55.0. The van der Waals surface area contributed by atoms with Crippen LogP contribution in [0.1, 0.15) is 107 Å². The van der Waals surface area contributed by atoms with Crippen molar-refractivity contribution in [3.8, 4) is 23.0 Å². The molecule has 0 amide bonds. The molecule has 16 rings (SSSR count). The van der Waals surface area contributed by atoms with E-state index in [0.29, 0.717) is 6.42 Å². The van der Waals surface area contributed by atoms with E-state index in [0.717, 1.165) is 154 Å². The van der Waals surface area contributed by atoms with Crippen LogP contribution < -0.4 is 17.7 Å². The summed E-state index contributed by atoms with van der Waals surface area (Å²) >= 11 is 35.0. The highest BCUT2D eigenvalue weighted by molar-refractivity contribution is 9.12. The molecule has 0 bridgehead atoms. The van der Waals surface area contributed by atoms with E-state index >= 15 is 0 Å². The number of halogens is 8. The molecule has 16 aromatic rings. The lowest BCUT2D eigenvalue weighted by Crippen LogP contribution is -2.50. The Balaban J connectivity index is 0.890. The van der Waals surface area contributed by atoms with Crippen molar-refractivity contribution in [3.63, 3.8) is 0 Å². The normalized spacial score (nSPS) is 11.9. The average molecular weight is 2250 g/mol. The molecule has 0 heterocycles. The van der Waals surface area contributed by atoms with Gasteiger partial charge in [-0.15, -0.1) is 0 Å². The van der Waals surface area contributed by atoms with Crippen molar-refractivity contribution in [3.05, 3.63) is 537 Å². The van der Waals surface area contributed by atoms with E-state index in [1.807, 2.05) is 0 Å². The van der Waals surface area contributed by atoms with Gasteiger partial charge < -0.3 is 17.7 Å². The fourth-order valence-electron chi connectivity index (χ4n) is 18.3. The maximum Gasteiger partial charge on any atom is 0.264 e. The first-order chi connectivity index (χ1) is 62.0. The van der Waals surface area contributed by atoms with Gasteiger partial charge in [-0.3, -0.25) is 0 Å². The molecular formula is C111H96Br8O4Si4. The van der Waals surface area contributed by atoms with E-state index in [4.69, 9.17) is 17.7 Å². The van der Waals surface area contributed by atoms with Crippen molar-refractivity contribution in [1.82, 2.24) is 0 Å². The minimum atomic E-state index is -2.96. The second-order valence-electron chi connectivity index (χ2n) is 33.7. The van der Waals surface area contributed by atoms with Crippen LogP contribution in [-0.2, 0) is 72.5 Å². The van der Waals surface area contributed by atoms with Gasteiger partial charge in [-0.1, -0.05) is 364 Å². The fourth-order valence-corrected chi connectivity index (χ4v) is 41.8. The zero-order valence-electron chi connectivity index (χ0n) is 70.3. The molecule has 0 saturated heterocycles.